The van der Waals surface area contributed by atoms with E-state index in [9.17, 15) is 4.79 Å². The van der Waals surface area contributed by atoms with Gasteiger partial charge in [-0.15, -0.1) is 0 Å². The summed E-state index contributed by atoms with van der Waals surface area (Å²) in [6, 6.07) is 0.311. The lowest BCUT2D eigenvalue weighted by Crippen LogP contribution is -2.35. The van der Waals surface area contributed by atoms with Gasteiger partial charge < -0.3 is 10.3 Å². The van der Waals surface area contributed by atoms with Gasteiger partial charge in [0.1, 0.15) is 5.82 Å². The zero-order valence-electron chi connectivity index (χ0n) is 17.3. The molecule has 0 radical (unpaired) electrons. The molecule has 2 aromatic rings. The molecule has 7 nitrogen and oxygen atoms in total. The van der Waals surface area contributed by atoms with Gasteiger partial charge in [-0.25, -0.2) is 4.98 Å². The van der Waals surface area contributed by atoms with E-state index in [2.05, 4.69) is 38.7 Å². The molecule has 0 bridgehead atoms. The molecule has 1 fully saturated rings. The summed E-state index contributed by atoms with van der Waals surface area (Å²) in [5.41, 5.74) is 4.10. The van der Waals surface area contributed by atoms with Crippen LogP contribution >= 0.6 is 0 Å². The second-order valence-electron chi connectivity index (χ2n) is 8.76. The fourth-order valence-electron chi connectivity index (χ4n) is 4.48. The fraction of sp³-hybridized carbons (Fsp3) is 0.667. The van der Waals surface area contributed by atoms with Crippen LogP contribution in [0.2, 0.25) is 0 Å². The van der Waals surface area contributed by atoms with E-state index in [-0.39, 0.29) is 5.91 Å². The molecule has 1 saturated carbocycles. The third-order valence-corrected chi connectivity index (χ3v) is 5.81. The lowest BCUT2D eigenvalue weighted by atomic mass is 10.0. The van der Waals surface area contributed by atoms with E-state index < -0.39 is 0 Å². The molecule has 1 amide bonds. The van der Waals surface area contributed by atoms with Crippen molar-refractivity contribution in [3.63, 3.8) is 0 Å². The molecule has 0 unspecified atom stereocenters. The second-order valence-corrected chi connectivity index (χ2v) is 8.76. The molecular weight excluding hydrogens is 352 g/mol. The number of hydrogen-bond donors (Lipinski definition) is 2. The average molecular weight is 385 g/mol. The van der Waals surface area contributed by atoms with Crippen molar-refractivity contribution in [2.75, 3.05) is 6.54 Å². The van der Waals surface area contributed by atoms with Crippen molar-refractivity contribution in [2.24, 2.45) is 5.92 Å². The Balaban J connectivity index is 1.56. The van der Waals surface area contributed by atoms with Crippen LogP contribution in [0.15, 0.2) is 6.20 Å². The number of aromatic amines is 1. The molecular formula is C21H32N6O. The summed E-state index contributed by atoms with van der Waals surface area (Å²) in [5, 5.41) is 8.01. The lowest BCUT2D eigenvalue weighted by molar-refractivity contribution is 0.0929. The maximum Gasteiger partial charge on any atom is 0.272 e. The summed E-state index contributed by atoms with van der Waals surface area (Å²) in [6.45, 7) is 9.78. The molecule has 2 aromatic heterocycles. The van der Waals surface area contributed by atoms with Crippen molar-refractivity contribution in [1.29, 1.82) is 0 Å². The SMILES string of the molecule is Cc1ncc(CN2CCc3c(c(C(=O)NC4CCCC4)nn3CC(C)C)C2)[nH]1. The highest BCUT2D eigenvalue weighted by Gasteiger charge is 2.29. The predicted molar refractivity (Wildman–Crippen MR) is 108 cm³/mol. The molecule has 0 aromatic carbocycles. The van der Waals surface area contributed by atoms with Crippen LogP contribution in [0.5, 0.6) is 0 Å². The number of H-pyrrole nitrogens is 1. The van der Waals surface area contributed by atoms with Crippen molar-refractivity contribution in [3.8, 4) is 0 Å². The minimum atomic E-state index is 0.00453. The number of carbonyl (C=O) groups excluding carboxylic acids is 1. The van der Waals surface area contributed by atoms with Crippen LogP contribution in [0.25, 0.3) is 0 Å². The minimum absolute atomic E-state index is 0.00453. The third-order valence-electron chi connectivity index (χ3n) is 5.81. The Morgan fingerprint density at radius 3 is 2.82 bits per heavy atom. The Morgan fingerprint density at radius 2 is 2.14 bits per heavy atom. The number of nitrogens with one attached hydrogen (secondary N) is 2. The van der Waals surface area contributed by atoms with Crippen LogP contribution in [-0.4, -0.2) is 43.1 Å². The van der Waals surface area contributed by atoms with Crippen LogP contribution < -0.4 is 5.32 Å². The van der Waals surface area contributed by atoms with Crippen molar-refractivity contribution in [2.45, 2.75) is 78.6 Å². The van der Waals surface area contributed by atoms with Gasteiger partial charge in [-0.05, 0) is 25.7 Å². The van der Waals surface area contributed by atoms with E-state index in [1.54, 1.807) is 0 Å². The number of fused-ring (bicyclic) bond motifs is 1. The van der Waals surface area contributed by atoms with E-state index in [1.165, 1.54) is 18.5 Å². The van der Waals surface area contributed by atoms with Gasteiger partial charge in [-0.1, -0.05) is 26.7 Å². The number of aryl methyl sites for hydroxylation is 1. The van der Waals surface area contributed by atoms with Gasteiger partial charge in [0.2, 0.25) is 0 Å². The van der Waals surface area contributed by atoms with Gasteiger partial charge in [0, 0.05) is 61.8 Å². The Morgan fingerprint density at radius 1 is 1.36 bits per heavy atom. The molecule has 1 aliphatic carbocycles. The van der Waals surface area contributed by atoms with Gasteiger partial charge in [0.25, 0.3) is 5.91 Å². The van der Waals surface area contributed by atoms with Gasteiger partial charge in [-0.2, -0.15) is 5.10 Å². The first-order chi connectivity index (χ1) is 13.5. The maximum absolute atomic E-state index is 13.0. The highest BCUT2D eigenvalue weighted by molar-refractivity contribution is 5.94. The van der Waals surface area contributed by atoms with Crippen LogP contribution in [0.4, 0.5) is 0 Å². The summed E-state index contributed by atoms with van der Waals surface area (Å²) < 4.78 is 2.08. The maximum atomic E-state index is 13.0. The van der Waals surface area contributed by atoms with Crippen molar-refractivity contribution in [1.82, 2.24) is 30.0 Å². The number of hydrogen-bond acceptors (Lipinski definition) is 4. The molecule has 28 heavy (non-hydrogen) atoms. The first-order valence-corrected chi connectivity index (χ1v) is 10.6. The first-order valence-electron chi connectivity index (χ1n) is 10.6. The van der Waals surface area contributed by atoms with Crippen molar-refractivity contribution < 1.29 is 4.79 Å². The molecule has 152 valence electrons. The Hall–Kier alpha value is -2.15. The summed E-state index contributed by atoms with van der Waals surface area (Å²) in [7, 11) is 0. The summed E-state index contributed by atoms with van der Waals surface area (Å²) >= 11 is 0. The van der Waals surface area contributed by atoms with E-state index in [0.29, 0.717) is 17.7 Å². The first kappa shape index (κ1) is 19.2. The van der Waals surface area contributed by atoms with E-state index in [0.717, 1.165) is 62.5 Å². The number of rotatable bonds is 6. The molecule has 1 aliphatic heterocycles. The van der Waals surface area contributed by atoms with E-state index >= 15 is 0 Å². The number of carbonyl (C=O) groups is 1. The molecule has 2 aliphatic rings. The van der Waals surface area contributed by atoms with E-state index in [1.807, 2.05) is 13.1 Å². The van der Waals surface area contributed by atoms with Gasteiger partial charge in [0.05, 0.1) is 0 Å². The number of nitrogens with zero attached hydrogens (tertiary/aromatic N) is 4. The van der Waals surface area contributed by atoms with E-state index in [4.69, 9.17) is 5.10 Å². The summed E-state index contributed by atoms with van der Waals surface area (Å²) in [4.78, 5) is 23.0. The quantitative estimate of drug-likeness (QED) is 0.803. The predicted octanol–water partition coefficient (Wildman–Crippen LogP) is 2.80. The standard InChI is InChI=1S/C21H32N6O/c1-14(2)11-27-19-8-9-26(12-17-10-22-15(3)23-17)13-18(19)20(25-27)21(28)24-16-6-4-5-7-16/h10,14,16H,4-9,11-13H2,1-3H3,(H,22,23)(H,24,28). The van der Waals surface area contributed by atoms with Crippen LogP contribution in [-0.2, 0) is 26.1 Å². The van der Waals surface area contributed by atoms with Crippen molar-refractivity contribution >= 4 is 5.91 Å². The largest absolute Gasteiger partial charge is 0.348 e. The number of amides is 1. The Labute approximate surface area is 166 Å². The summed E-state index contributed by atoms with van der Waals surface area (Å²) in [5.74, 6) is 1.44. The topological polar surface area (TPSA) is 78.8 Å². The van der Waals surface area contributed by atoms with Gasteiger partial charge in [-0.3, -0.25) is 14.4 Å². The second kappa shape index (κ2) is 8.07. The normalized spacial score (nSPS) is 18.0. The third kappa shape index (κ3) is 4.14. The molecule has 2 N–H and O–H groups in total. The smallest absolute Gasteiger partial charge is 0.272 e. The van der Waals surface area contributed by atoms with Crippen molar-refractivity contribution in [3.05, 3.63) is 34.7 Å². The zero-order chi connectivity index (χ0) is 19.7. The zero-order valence-corrected chi connectivity index (χ0v) is 17.3. The molecule has 7 heteroatoms. The average Bonchev–Trinajstić information content (AvgIpc) is 3.36. The molecule has 3 heterocycles. The minimum Gasteiger partial charge on any atom is -0.348 e. The monoisotopic (exact) mass is 384 g/mol. The number of imidazole rings is 1. The highest BCUT2D eigenvalue weighted by atomic mass is 16.2. The molecule has 0 saturated heterocycles. The molecule has 0 spiro atoms. The van der Waals surface area contributed by atoms with Gasteiger partial charge >= 0.3 is 0 Å². The Kier molecular flexibility index (Phi) is 5.53. The summed E-state index contributed by atoms with van der Waals surface area (Å²) in [6.07, 6.45) is 7.43. The van der Waals surface area contributed by atoms with Crippen LogP contribution in [0.3, 0.4) is 0 Å². The Bertz CT molecular complexity index is 830. The molecule has 4 rings (SSSR count). The lowest BCUT2D eigenvalue weighted by Gasteiger charge is -2.27. The highest BCUT2D eigenvalue weighted by Crippen LogP contribution is 2.26. The van der Waals surface area contributed by atoms with Crippen LogP contribution in [0, 0.1) is 12.8 Å². The fourth-order valence-corrected chi connectivity index (χ4v) is 4.48. The number of aromatic nitrogens is 4. The van der Waals surface area contributed by atoms with Gasteiger partial charge in [0.15, 0.2) is 5.69 Å². The molecule has 0 atom stereocenters. The van der Waals surface area contributed by atoms with Crippen LogP contribution in [0.1, 0.15) is 72.8 Å².